The Morgan fingerprint density at radius 1 is 1.12 bits per heavy atom. The molecule has 1 aromatic carbocycles. The van der Waals surface area contributed by atoms with E-state index in [2.05, 4.69) is 12.1 Å². The third kappa shape index (κ3) is 2.65. The molecule has 2 heterocycles. The van der Waals surface area contributed by atoms with Gasteiger partial charge in [-0.1, -0.05) is 43.2 Å². The van der Waals surface area contributed by atoms with Crippen molar-refractivity contribution in [2.75, 3.05) is 6.54 Å². The normalized spacial score (nSPS) is 30.0. The summed E-state index contributed by atoms with van der Waals surface area (Å²) < 4.78 is 5.37. The summed E-state index contributed by atoms with van der Waals surface area (Å²) >= 11 is 7.06. The van der Waals surface area contributed by atoms with Crippen molar-refractivity contribution in [2.24, 2.45) is 5.92 Å². The molecule has 0 radical (unpaired) electrons. The molecule has 24 heavy (non-hydrogen) atoms. The van der Waals surface area contributed by atoms with Crippen LogP contribution in [0.1, 0.15) is 54.3 Å². The number of nitrogens with zero attached hydrogens (tertiary/aromatic N) is 1. The van der Waals surface area contributed by atoms with Gasteiger partial charge in [-0.2, -0.15) is 0 Å². The molecule has 4 heteroatoms. The first-order valence-corrected chi connectivity index (χ1v) is 9.15. The molecule has 0 spiro atoms. The molecular weight excluding hydrogens is 322 g/mol. The summed E-state index contributed by atoms with van der Waals surface area (Å²) in [7, 11) is 0. The fourth-order valence-corrected chi connectivity index (χ4v) is 4.92. The number of hydrogen-bond donors (Lipinski definition) is 0. The second-order valence-electron chi connectivity index (χ2n) is 6.97. The molecule has 1 aliphatic heterocycles. The van der Waals surface area contributed by atoms with E-state index in [0.717, 1.165) is 19.3 Å². The van der Waals surface area contributed by atoms with Crippen LogP contribution >= 0.6 is 11.6 Å². The lowest BCUT2D eigenvalue weighted by Crippen LogP contribution is -2.53. The summed E-state index contributed by atoms with van der Waals surface area (Å²) in [6, 6.07) is 13.9. The van der Waals surface area contributed by atoms with E-state index in [9.17, 15) is 4.79 Å². The number of furan rings is 1. The van der Waals surface area contributed by atoms with Gasteiger partial charge < -0.3 is 9.32 Å². The fraction of sp³-hybridized carbons (Fsp3) is 0.450. The van der Waals surface area contributed by atoms with E-state index >= 15 is 0 Å². The predicted molar refractivity (Wildman–Crippen MR) is 94.1 cm³/mol. The largest absolute Gasteiger partial charge is 0.459 e. The van der Waals surface area contributed by atoms with Crippen LogP contribution < -0.4 is 0 Å². The number of carbonyl (C=O) groups is 1. The molecule has 1 saturated heterocycles. The molecule has 4 rings (SSSR count). The minimum absolute atomic E-state index is 0.0235. The minimum Gasteiger partial charge on any atom is -0.459 e. The van der Waals surface area contributed by atoms with E-state index < -0.39 is 0 Å². The van der Waals surface area contributed by atoms with Gasteiger partial charge in [-0.3, -0.25) is 4.79 Å². The summed E-state index contributed by atoms with van der Waals surface area (Å²) in [6.45, 7) is 0.680. The van der Waals surface area contributed by atoms with E-state index in [1.807, 2.05) is 23.1 Å². The monoisotopic (exact) mass is 343 g/mol. The molecule has 2 aliphatic rings. The number of piperidine rings is 1. The number of rotatable bonds is 2. The Labute approximate surface area is 147 Å². The summed E-state index contributed by atoms with van der Waals surface area (Å²) in [5, 5.41) is 0. The maximum absolute atomic E-state index is 13.0. The van der Waals surface area contributed by atoms with Crippen molar-refractivity contribution in [3.8, 4) is 0 Å². The molecule has 1 aliphatic carbocycles. The average Bonchev–Trinajstić information content (AvgIpc) is 3.15. The Morgan fingerprint density at radius 3 is 2.71 bits per heavy atom. The Morgan fingerprint density at radius 2 is 1.96 bits per heavy atom. The van der Waals surface area contributed by atoms with E-state index in [4.69, 9.17) is 16.0 Å². The zero-order chi connectivity index (χ0) is 16.6. The molecule has 0 N–H and O–H groups in total. The van der Waals surface area contributed by atoms with Crippen LogP contribution in [-0.2, 0) is 0 Å². The average molecular weight is 344 g/mol. The highest BCUT2D eigenvalue weighted by Crippen LogP contribution is 2.52. The van der Waals surface area contributed by atoms with Gasteiger partial charge in [0.15, 0.2) is 5.76 Å². The molecule has 3 unspecified atom stereocenters. The smallest absolute Gasteiger partial charge is 0.290 e. The van der Waals surface area contributed by atoms with Crippen LogP contribution in [0.3, 0.4) is 0 Å². The molecule has 1 amide bonds. The second-order valence-corrected chi connectivity index (χ2v) is 7.72. The predicted octanol–water partition coefficient (Wildman–Crippen LogP) is 5.03. The van der Waals surface area contributed by atoms with Gasteiger partial charge in [0, 0.05) is 12.5 Å². The van der Waals surface area contributed by atoms with Crippen molar-refractivity contribution < 1.29 is 9.21 Å². The standard InChI is InChI=1S/C20H22ClNO2/c21-20-11-5-4-9-16(20)18(15-7-2-1-3-8-15)22(13-12-20)19(23)17-10-6-14-24-17/h1-3,6-8,10,14,16,18H,4-5,9,11-13H2. The molecule has 2 fully saturated rings. The highest BCUT2D eigenvalue weighted by Gasteiger charge is 2.50. The molecule has 2 aromatic rings. The van der Waals surface area contributed by atoms with E-state index in [-0.39, 0.29) is 16.8 Å². The molecule has 0 bridgehead atoms. The third-order valence-electron chi connectivity index (χ3n) is 5.64. The Kier molecular flexibility index (Phi) is 4.13. The van der Waals surface area contributed by atoms with Crippen molar-refractivity contribution in [2.45, 2.75) is 43.0 Å². The lowest BCUT2D eigenvalue weighted by Gasteiger charge is -2.52. The SMILES string of the molecule is O=C(c1ccco1)N1CCC2(Cl)CCCCC2C1c1ccccc1. The zero-order valence-corrected chi connectivity index (χ0v) is 14.4. The maximum atomic E-state index is 13.0. The van der Waals surface area contributed by atoms with Crippen LogP contribution in [0.15, 0.2) is 53.1 Å². The molecule has 126 valence electrons. The van der Waals surface area contributed by atoms with Gasteiger partial charge >= 0.3 is 0 Å². The Hall–Kier alpha value is -1.74. The van der Waals surface area contributed by atoms with Gasteiger partial charge in [-0.15, -0.1) is 11.6 Å². The Balaban J connectivity index is 1.74. The molecular formula is C20H22ClNO2. The van der Waals surface area contributed by atoms with Crippen molar-refractivity contribution >= 4 is 17.5 Å². The maximum Gasteiger partial charge on any atom is 0.290 e. The van der Waals surface area contributed by atoms with E-state index in [1.54, 1.807) is 18.4 Å². The van der Waals surface area contributed by atoms with Crippen molar-refractivity contribution in [3.63, 3.8) is 0 Å². The number of likely N-dealkylation sites (tertiary alicyclic amines) is 1. The first kappa shape index (κ1) is 15.8. The zero-order valence-electron chi connectivity index (χ0n) is 13.7. The highest BCUT2D eigenvalue weighted by molar-refractivity contribution is 6.24. The van der Waals surface area contributed by atoms with Gasteiger partial charge in [0.25, 0.3) is 5.91 Å². The number of benzene rings is 1. The first-order chi connectivity index (χ1) is 11.7. The van der Waals surface area contributed by atoms with Gasteiger partial charge in [0.1, 0.15) is 0 Å². The molecule has 3 nitrogen and oxygen atoms in total. The quantitative estimate of drug-likeness (QED) is 0.716. The molecule has 3 atom stereocenters. The van der Waals surface area contributed by atoms with Crippen molar-refractivity contribution in [3.05, 3.63) is 60.1 Å². The molecule has 1 saturated carbocycles. The van der Waals surface area contributed by atoms with Crippen LogP contribution in [0, 0.1) is 5.92 Å². The number of amides is 1. The topological polar surface area (TPSA) is 33.5 Å². The van der Waals surface area contributed by atoms with Gasteiger partial charge in [0.2, 0.25) is 0 Å². The van der Waals surface area contributed by atoms with E-state index in [1.165, 1.54) is 18.4 Å². The Bertz CT molecular complexity index is 700. The second kappa shape index (κ2) is 6.29. The highest BCUT2D eigenvalue weighted by atomic mass is 35.5. The van der Waals surface area contributed by atoms with Crippen molar-refractivity contribution in [1.82, 2.24) is 4.90 Å². The molecule has 1 aromatic heterocycles. The fourth-order valence-electron chi connectivity index (χ4n) is 4.47. The van der Waals surface area contributed by atoms with Crippen LogP contribution in [0.2, 0.25) is 0 Å². The summed E-state index contributed by atoms with van der Waals surface area (Å²) in [5.41, 5.74) is 1.18. The van der Waals surface area contributed by atoms with Crippen molar-refractivity contribution in [1.29, 1.82) is 0 Å². The van der Waals surface area contributed by atoms with Gasteiger partial charge in [-0.05, 0) is 37.0 Å². The summed E-state index contributed by atoms with van der Waals surface area (Å²) in [4.78, 5) is 14.8. The number of alkyl halides is 1. The van der Waals surface area contributed by atoms with Gasteiger partial charge in [0.05, 0.1) is 17.2 Å². The number of hydrogen-bond acceptors (Lipinski definition) is 2. The number of halogens is 1. The third-order valence-corrected chi connectivity index (χ3v) is 6.30. The van der Waals surface area contributed by atoms with Crippen LogP contribution in [-0.4, -0.2) is 22.2 Å². The number of carbonyl (C=O) groups excluding carboxylic acids is 1. The van der Waals surface area contributed by atoms with Crippen LogP contribution in [0.25, 0.3) is 0 Å². The lowest BCUT2D eigenvalue weighted by atomic mass is 9.68. The lowest BCUT2D eigenvalue weighted by molar-refractivity contribution is 0.0255. The first-order valence-electron chi connectivity index (χ1n) is 8.77. The van der Waals surface area contributed by atoms with E-state index in [0.29, 0.717) is 18.2 Å². The summed E-state index contributed by atoms with van der Waals surface area (Å²) in [6.07, 6.45) is 6.91. The summed E-state index contributed by atoms with van der Waals surface area (Å²) in [5.74, 6) is 0.676. The van der Waals surface area contributed by atoms with Gasteiger partial charge in [-0.25, -0.2) is 0 Å². The number of fused-ring (bicyclic) bond motifs is 1. The van der Waals surface area contributed by atoms with Crippen LogP contribution in [0.5, 0.6) is 0 Å². The van der Waals surface area contributed by atoms with Crippen LogP contribution in [0.4, 0.5) is 0 Å². The minimum atomic E-state index is -0.182.